The van der Waals surface area contributed by atoms with Crippen molar-refractivity contribution in [3.05, 3.63) is 90.0 Å². The lowest BCUT2D eigenvalue weighted by atomic mass is 9.94. The highest BCUT2D eigenvalue weighted by Crippen LogP contribution is 2.32. The summed E-state index contributed by atoms with van der Waals surface area (Å²) in [6.45, 7) is 4.36. The van der Waals surface area contributed by atoms with E-state index in [1.54, 1.807) is 10.4 Å². The Morgan fingerprint density at radius 1 is 0.758 bits per heavy atom. The zero-order valence-electron chi connectivity index (χ0n) is 18.8. The van der Waals surface area contributed by atoms with Crippen LogP contribution in [-0.2, 0) is 23.0 Å². The molecule has 0 atom stereocenters. The van der Waals surface area contributed by atoms with Gasteiger partial charge in [-0.1, -0.05) is 72.8 Å². The van der Waals surface area contributed by atoms with E-state index in [9.17, 15) is 8.42 Å². The molecule has 0 saturated carbocycles. The second-order valence-corrected chi connectivity index (χ2v) is 10.9. The highest BCUT2D eigenvalue weighted by Gasteiger charge is 2.32. The first kappa shape index (κ1) is 24.0. The Hall–Kier alpha value is -2.18. The minimum absolute atomic E-state index is 0. The van der Waals surface area contributed by atoms with E-state index in [0.717, 1.165) is 50.0 Å². The Kier molecular flexibility index (Phi) is 7.55. The first-order valence-corrected chi connectivity index (χ1v) is 13.0. The van der Waals surface area contributed by atoms with E-state index < -0.39 is 10.0 Å². The van der Waals surface area contributed by atoms with Crippen molar-refractivity contribution >= 4 is 22.4 Å². The summed E-state index contributed by atoms with van der Waals surface area (Å²) in [5.74, 6) is 0.552. The zero-order chi connectivity index (χ0) is 22.0. The molecule has 0 aromatic heterocycles. The Labute approximate surface area is 203 Å². The normalized spacial score (nSPS) is 17.8. The van der Waals surface area contributed by atoms with Gasteiger partial charge in [0, 0.05) is 38.3 Å². The van der Waals surface area contributed by atoms with Gasteiger partial charge in [0.1, 0.15) is 0 Å². The van der Waals surface area contributed by atoms with Gasteiger partial charge in [0.2, 0.25) is 10.0 Å². The first-order chi connectivity index (χ1) is 15.6. The number of hydrogen-bond acceptors (Lipinski definition) is 3. The van der Waals surface area contributed by atoms with Crippen LogP contribution >= 0.6 is 12.4 Å². The molecular weight excluding hydrogens is 452 g/mol. The summed E-state index contributed by atoms with van der Waals surface area (Å²) in [5, 5.41) is 0. The van der Waals surface area contributed by atoms with E-state index in [1.807, 2.05) is 48.5 Å². The lowest BCUT2D eigenvalue weighted by Crippen LogP contribution is -2.42. The Morgan fingerprint density at radius 3 is 2.15 bits per heavy atom. The number of fused-ring (bicyclic) bond motifs is 1. The number of rotatable bonds is 5. The van der Waals surface area contributed by atoms with Gasteiger partial charge in [0.25, 0.3) is 0 Å². The molecule has 0 amide bonds. The predicted molar refractivity (Wildman–Crippen MR) is 136 cm³/mol. The van der Waals surface area contributed by atoms with Crippen LogP contribution in [0.15, 0.2) is 83.8 Å². The third-order valence-electron chi connectivity index (χ3n) is 6.89. The molecule has 5 rings (SSSR count). The van der Waals surface area contributed by atoms with Crippen molar-refractivity contribution in [2.45, 2.75) is 30.7 Å². The lowest BCUT2D eigenvalue weighted by Gasteiger charge is -2.36. The molecule has 174 valence electrons. The third-order valence-corrected chi connectivity index (χ3v) is 8.85. The highest BCUT2D eigenvalue weighted by molar-refractivity contribution is 7.89. The van der Waals surface area contributed by atoms with Gasteiger partial charge in [0.05, 0.1) is 4.90 Å². The average Bonchev–Trinajstić information content (AvgIpc) is 2.85. The topological polar surface area (TPSA) is 40.6 Å². The summed E-state index contributed by atoms with van der Waals surface area (Å²) < 4.78 is 28.8. The van der Waals surface area contributed by atoms with E-state index >= 15 is 0 Å². The van der Waals surface area contributed by atoms with Crippen LogP contribution in [0.5, 0.6) is 0 Å². The SMILES string of the molecule is Cl.O=S(=O)(c1ccccc1-c1ccccc1)N1CCC(CN2CCc3ccccc3C2)CC1. The van der Waals surface area contributed by atoms with Gasteiger partial charge in [-0.05, 0) is 47.9 Å². The predicted octanol–water partition coefficient (Wildman–Crippen LogP) is 5.23. The van der Waals surface area contributed by atoms with Crippen LogP contribution in [0.4, 0.5) is 0 Å². The van der Waals surface area contributed by atoms with Gasteiger partial charge in [0.15, 0.2) is 0 Å². The van der Waals surface area contributed by atoms with Crippen molar-refractivity contribution < 1.29 is 8.42 Å². The monoisotopic (exact) mass is 482 g/mol. The molecule has 33 heavy (non-hydrogen) atoms. The van der Waals surface area contributed by atoms with Crippen molar-refractivity contribution in [2.24, 2.45) is 5.92 Å². The second-order valence-electron chi connectivity index (χ2n) is 8.96. The van der Waals surface area contributed by atoms with Gasteiger partial charge < -0.3 is 0 Å². The molecule has 2 aliphatic rings. The summed E-state index contributed by atoms with van der Waals surface area (Å²) in [6, 6.07) is 25.9. The molecule has 2 aliphatic heterocycles. The molecule has 4 nitrogen and oxygen atoms in total. The highest BCUT2D eigenvalue weighted by atomic mass is 35.5. The maximum atomic E-state index is 13.5. The van der Waals surface area contributed by atoms with Crippen molar-refractivity contribution in [3.8, 4) is 11.1 Å². The molecule has 0 spiro atoms. The molecule has 3 aromatic rings. The summed E-state index contributed by atoms with van der Waals surface area (Å²) in [7, 11) is -3.52. The molecule has 2 heterocycles. The molecule has 0 aliphatic carbocycles. The van der Waals surface area contributed by atoms with E-state index in [2.05, 4.69) is 29.2 Å². The van der Waals surface area contributed by atoms with Crippen LogP contribution in [0.25, 0.3) is 11.1 Å². The van der Waals surface area contributed by atoms with Crippen LogP contribution in [0.1, 0.15) is 24.0 Å². The van der Waals surface area contributed by atoms with Crippen LogP contribution in [-0.4, -0.2) is 43.8 Å². The fourth-order valence-corrected chi connectivity index (χ4v) is 6.78. The molecule has 1 saturated heterocycles. The quantitative estimate of drug-likeness (QED) is 0.499. The molecule has 6 heteroatoms. The summed E-state index contributed by atoms with van der Waals surface area (Å²) in [6.07, 6.45) is 2.95. The van der Waals surface area contributed by atoms with E-state index in [1.165, 1.54) is 11.1 Å². The largest absolute Gasteiger partial charge is 0.298 e. The van der Waals surface area contributed by atoms with Crippen LogP contribution < -0.4 is 0 Å². The number of hydrogen-bond donors (Lipinski definition) is 0. The summed E-state index contributed by atoms with van der Waals surface area (Å²) in [5.41, 5.74) is 4.63. The Morgan fingerprint density at radius 2 is 1.39 bits per heavy atom. The average molecular weight is 483 g/mol. The molecule has 3 aromatic carbocycles. The van der Waals surface area contributed by atoms with Crippen molar-refractivity contribution in [1.82, 2.24) is 9.21 Å². The number of sulfonamides is 1. The maximum absolute atomic E-state index is 13.5. The smallest absolute Gasteiger partial charge is 0.243 e. The third kappa shape index (κ3) is 5.17. The molecule has 0 radical (unpaired) electrons. The van der Waals surface area contributed by atoms with Crippen LogP contribution in [0.3, 0.4) is 0 Å². The van der Waals surface area contributed by atoms with E-state index in [-0.39, 0.29) is 12.4 Å². The molecule has 0 N–H and O–H groups in total. The first-order valence-electron chi connectivity index (χ1n) is 11.5. The standard InChI is InChI=1S/C27H30N2O2S.ClH/c30-32(31,27-13-7-6-12-26(27)24-9-2-1-3-10-24)29-18-14-22(15-19-29)20-28-17-16-23-8-4-5-11-25(23)21-28;/h1-13,22H,14-21H2;1H. The molecule has 1 fully saturated rings. The molecule has 0 bridgehead atoms. The van der Waals surface area contributed by atoms with E-state index in [4.69, 9.17) is 0 Å². The minimum Gasteiger partial charge on any atom is -0.298 e. The van der Waals surface area contributed by atoms with Crippen molar-refractivity contribution in [3.63, 3.8) is 0 Å². The maximum Gasteiger partial charge on any atom is 0.243 e. The van der Waals surface area contributed by atoms with E-state index in [0.29, 0.717) is 23.9 Å². The minimum atomic E-state index is -3.52. The zero-order valence-corrected chi connectivity index (χ0v) is 20.4. The fourth-order valence-electron chi connectivity index (χ4n) is 5.09. The number of piperidine rings is 1. The summed E-state index contributed by atoms with van der Waals surface area (Å²) in [4.78, 5) is 2.96. The number of halogens is 1. The van der Waals surface area contributed by atoms with Gasteiger partial charge in [-0.2, -0.15) is 4.31 Å². The second kappa shape index (κ2) is 10.4. The van der Waals surface area contributed by atoms with Gasteiger partial charge in [-0.15, -0.1) is 12.4 Å². The van der Waals surface area contributed by atoms with Gasteiger partial charge in [-0.3, -0.25) is 4.90 Å². The lowest BCUT2D eigenvalue weighted by molar-refractivity contribution is 0.171. The van der Waals surface area contributed by atoms with Gasteiger partial charge in [-0.25, -0.2) is 8.42 Å². The molecular formula is C27H31ClN2O2S. The van der Waals surface area contributed by atoms with Crippen molar-refractivity contribution in [2.75, 3.05) is 26.2 Å². The van der Waals surface area contributed by atoms with Crippen molar-refractivity contribution in [1.29, 1.82) is 0 Å². The molecule has 0 unspecified atom stereocenters. The number of benzene rings is 3. The Balaban J connectivity index is 0.00000259. The van der Waals surface area contributed by atoms with Crippen LogP contribution in [0, 0.1) is 5.92 Å². The van der Waals surface area contributed by atoms with Crippen LogP contribution in [0.2, 0.25) is 0 Å². The number of nitrogens with zero attached hydrogens (tertiary/aromatic N) is 2. The fraction of sp³-hybridized carbons (Fsp3) is 0.333. The van der Waals surface area contributed by atoms with Gasteiger partial charge >= 0.3 is 0 Å². The summed E-state index contributed by atoms with van der Waals surface area (Å²) >= 11 is 0. The Bertz CT molecular complexity index is 1180.